The number of aryl methyl sites for hydroxylation is 1. The van der Waals surface area contributed by atoms with Crippen LogP contribution < -0.4 is 5.32 Å². The lowest BCUT2D eigenvalue weighted by Gasteiger charge is -2.12. The lowest BCUT2D eigenvalue weighted by molar-refractivity contribution is 0.193. The zero-order valence-electron chi connectivity index (χ0n) is 8.50. The van der Waals surface area contributed by atoms with E-state index in [0.29, 0.717) is 11.6 Å². The largest absolute Gasteiger partial charge is 0.390 e. The highest BCUT2D eigenvalue weighted by Gasteiger charge is 2.04. The van der Waals surface area contributed by atoms with E-state index in [1.165, 1.54) is 0 Å². The molecule has 1 atom stereocenters. The maximum atomic E-state index is 9.35. The monoisotopic (exact) mass is 224 g/mol. The third-order valence-corrected chi connectivity index (χ3v) is 2.29. The first-order valence-corrected chi connectivity index (χ1v) is 5.06. The minimum Gasteiger partial charge on any atom is -0.390 e. The SMILES string of the molecule is Cc1ccc(Cl)cc1NCC(O)CC#N. The number of nitriles is 1. The van der Waals surface area contributed by atoms with E-state index in [1.54, 1.807) is 6.07 Å². The van der Waals surface area contributed by atoms with Crippen LogP contribution in [-0.2, 0) is 0 Å². The van der Waals surface area contributed by atoms with Gasteiger partial charge in [0.1, 0.15) is 0 Å². The smallest absolute Gasteiger partial charge is 0.0842 e. The summed E-state index contributed by atoms with van der Waals surface area (Å²) >= 11 is 5.84. The molecule has 0 fully saturated rings. The molecule has 1 aromatic carbocycles. The van der Waals surface area contributed by atoms with Gasteiger partial charge in [0.05, 0.1) is 18.6 Å². The van der Waals surface area contributed by atoms with Crippen LogP contribution in [0.5, 0.6) is 0 Å². The van der Waals surface area contributed by atoms with Crippen LogP contribution >= 0.6 is 11.6 Å². The summed E-state index contributed by atoms with van der Waals surface area (Å²) in [7, 11) is 0. The molecule has 1 unspecified atom stereocenters. The lowest BCUT2D eigenvalue weighted by Crippen LogP contribution is -2.19. The van der Waals surface area contributed by atoms with E-state index in [2.05, 4.69) is 5.32 Å². The normalized spacial score (nSPS) is 11.9. The van der Waals surface area contributed by atoms with E-state index in [-0.39, 0.29) is 6.42 Å². The highest BCUT2D eigenvalue weighted by Crippen LogP contribution is 2.19. The van der Waals surface area contributed by atoms with Crippen LogP contribution in [0.15, 0.2) is 18.2 Å². The van der Waals surface area contributed by atoms with E-state index in [1.807, 2.05) is 25.1 Å². The number of halogens is 1. The third kappa shape index (κ3) is 3.78. The summed E-state index contributed by atoms with van der Waals surface area (Å²) in [6.07, 6.45) is -0.513. The molecule has 15 heavy (non-hydrogen) atoms. The molecule has 0 saturated heterocycles. The Morgan fingerprint density at radius 2 is 2.33 bits per heavy atom. The number of hydrogen-bond donors (Lipinski definition) is 2. The highest BCUT2D eigenvalue weighted by molar-refractivity contribution is 6.30. The van der Waals surface area contributed by atoms with Crippen molar-refractivity contribution in [1.29, 1.82) is 5.26 Å². The average Bonchev–Trinajstić information content (AvgIpc) is 2.20. The molecule has 1 aromatic rings. The Morgan fingerprint density at radius 1 is 1.60 bits per heavy atom. The number of nitrogens with one attached hydrogen (secondary N) is 1. The third-order valence-electron chi connectivity index (χ3n) is 2.05. The second-order valence-corrected chi connectivity index (χ2v) is 3.79. The van der Waals surface area contributed by atoms with Gasteiger partial charge in [-0.2, -0.15) is 5.26 Å². The van der Waals surface area contributed by atoms with Crippen LogP contribution in [0.4, 0.5) is 5.69 Å². The minimum atomic E-state index is -0.645. The second-order valence-electron chi connectivity index (χ2n) is 3.36. The van der Waals surface area contributed by atoms with Crippen LogP contribution in [0.25, 0.3) is 0 Å². The standard InChI is InChI=1S/C11H13ClN2O/c1-8-2-3-9(12)6-11(8)14-7-10(15)4-5-13/h2-3,6,10,14-15H,4,7H2,1H3. The minimum absolute atomic E-state index is 0.132. The van der Waals surface area contributed by atoms with Gasteiger partial charge in [-0.1, -0.05) is 17.7 Å². The maximum Gasteiger partial charge on any atom is 0.0842 e. The molecule has 3 nitrogen and oxygen atoms in total. The van der Waals surface area contributed by atoms with Gasteiger partial charge in [-0.25, -0.2) is 0 Å². The molecule has 0 aliphatic rings. The van der Waals surface area contributed by atoms with Gasteiger partial charge in [-0.05, 0) is 24.6 Å². The fourth-order valence-corrected chi connectivity index (χ4v) is 1.36. The predicted octanol–water partition coefficient (Wildman–Crippen LogP) is 2.33. The van der Waals surface area contributed by atoms with Crippen LogP contribution in [0.1, 0.15) is 12.0 Å². The fraction of sp³-hybridized carbons (Fsp3) is 0.364. The van der Waals surface area contributed by atoms with Crippen molar-refractivity contribution in [2.45, 2.75) is 19.4 Å². The number of nitrogens with zero attached hydrogens (tertiary/aromatic N) is 1. The van der Waals surface area contributed by atoms with E-state index in [0.717, 1.165) is 11.3 Å². The molecule has 0 saturated carbocycles. The Bertz CT molecular complexity index is 373. The molecule has 0 radical (unpaired) electrons. The molecule has 2 N–H and O–H groups in total. The first-order chi connectivity index (χ1) is 7.13. The number of benzene rings is 1. The van der Waals surface area contributed by atoms with E-state index in [9.17, 15) is 5.11 Å². The first-order valence-electron chi connectivity index (χ1n) is 4.68. The van der Waals surface area contributed by atoms with Gasteiger partial charge in [-0.15, -0.1) is 0 Å². The molecule has 0 aromatic heterocycles. The summed E-state index contributed by atoms with van der Waals surface area (Å²) in [5.41, 5.74) is 1.95. The van der Waals surface area contributed by atoms with Crippen LogP contribution in [0, 0.1) is 18.3 Å². The first kappa shape index (κ1) is 11.8. The molecular weight excluding hydrogens is 212 g/mol. The van der Waals surface area contributed by atoms with Gasteiger partial charge in [0.2, 0.25) is 0 Å². The summed E-state index contributed by atoms with van der Waals surface area (Å²) < 4.78 is 0. The van der Waals surface area contributed by atoms with Crippen molar-refractivity contribution < 1.29 is 5.11 Å². The second kappa shape index (κ2) is 5.59. The Kier molecular flexibility index (Phi) is 4.41. The summed E-state index contributed by atoms with van der Waals surface area (Å²) in [4.78, 5) is 0. The summed E-state index contributed by atoms with van der Waals surface area (Å²) in [6.45, 7) is 2.31. The van der Waals surface area contributed by atoms with E-state index >= 15 is 0 Å². The van der Waals surface area contributed by atoms with Crippen molar-refractivity contribution in [3.05, 3.63) is 28.8 Å². The molecule has 0 spiro atoms. The number of aliphatic hydroxyl groups is 1. The summed E-state index contributed by atoms with van der Waals surface area (Å²) in [5, 5.41) is 21.4. The average molecular weight is 225 g/mol. The Morgan fingerprint density at radius 3 is 3.00 bits per heavy atom. The Labute approximate surface area is 94.3 Å². The lowest BCUT2D eigenvalue weighted by atomic mass is 10.2. The maximum absolute atomic E-state index is 9.35. The van der Waals surface area contributed by atoms with E-state index < -0.39 is 6.10 Å². The van der Waals surface area contributed by atoms with Crippen molar-refractivity contribution in [3.8, 4) is 6.07 Å². The quantitative estimate of drug-likeness (QED) is 0.826. The van der Waals surface area contributed by atoms with Crippen molar-refractivity contribution >= 4 is 17.3 Å². The molecule has 80 valence electrons. The zero-order valence-corrected chi connectivity index (χ0v) is 9.25. The van der Waals surface area contributed by atoms with Crippen LogP contribution in [0.3, 0.4) is 0 Å². The van der Waals surface area contributed by atoms with Gasteiger partial charge >= 0.3 is 0 Å². The van der Waals surface area contributed by atoms with Gasteiger partial charge < -0.3 is 10.4 Å². The molecule has 0 heterocycles. The zero-order chi connectivity index (χ0) is 11.3. The molecule has 4 heteroatoms. The Hall–Kier alpha value is -1.24. The molecule has 0 aliphatic heterocycles. The molecule has 0 amide bonds. The Balaban J connectivity index is 2.57. The number of anilines is 1. The predicted molar refractivity (Wildman–Crippen MR) is 60.9 cm³/mol. The molecular formula is C11H13ClN2O. The molecule has 0 bridgehead atoms. The number of rotatable bonds is 4. The molecule has 0 aliphatic carbocycles. The summed E-state index contributed by atoms with van der Waals surface area (Å²) in [5.74, 6) is 0. The van der Waals surface area contributed by atoms with Crippen molar-refractivity contribution in [2.24, 2.45) is 0 Å². The van der Waals surface area contributed by atoms with Gasteiger partial charge in [0.15, 0.2) is 0 Å². The topological polar surface area (TPSA) is 56.0 Å². The molecule has 1 rings (SSSR count). The van der Waals surface area contributed by atoms with Crippen molar-refractivity contribution in [2.75, 3.05) is 11.9 Å². The fourth-order valence-electron chi connectivity index (χ4n) is 1.19. The highest BCUT2D eigenvalue weighted by atomic mass is 35.5. The van der Waals surface area contributed by atoms with Crippen molar-refractivity contribution in [1.82, 2.24) is 0 Å². The van der Waals surface area contributed by atoms with Gasteiger partial charge in [0.25, 0.3) is 0 Å². The van der Waals surface area contributed by atoms with E-state index in [4.69, 9.17) is 16.9 Å². The summed E-state index contributed by atoms with van der Waals surface area (Å²) in [6, 6.07) is 7.43. The number of aliphatic hydroxyl groups excluding tert-OH is 1. The van der Waals surface area contributed by atoms with Gasteiger partial charge in [-0.3, -0.25) is 0 Å². The van der Waals surface area contributed by atoms with Crippen LogP contribution in [0.2, 0.25) is 5.02 Å². The van der Waals surface area contributed by atoms with Crippen LogP contribution in [-0.4, -0.2) is 17.8 Å². The van der Waals surface area contributed by atoms with Gasteiger partial charge in [0, 0.05) is 17.3 Å². The van der Waals surface area contributed by atoms with Crippen molar-refractivity contribution in [3.63, 3.8) is 0 Å². The number of hydrogen-bond acceptors (Lipinski definition) is 3.